The number of carbonyl (C=O) groups excluding carboxylic acids is 13. The van der Waals surface area contributed by atoms with E-state index in [2.05, 4.69) is 83.7 Å². The van der Waals surface area contributed by atoms with Crippen LogP contribution >= 0.6 is 21.6 Å². The number of imidazole rings is 1. The highest BCUT2D eigenvalue weighted by atomic mass is 33.1. The molecule has 2 bridgehead atoms. The van der Waals surface area contributed by atoms with E-state index in [1.165, 1.54) is 26.4 Å². The minimum Gasteiger partial charge on any atom is -0.481 e. The van der Waals surface area contributed by atoms with Gasteiger partial charge in [0, 0.05) is 66.3 Å². The first-order chi connectivity index (χ1) is 44.8. The maximum Gasteiger partial charge on any atom is 0.303 e. The number of nitrogens with two attached hydrogens (primary N) is 4. The van der Waals surface area contributed by atoms with Gasteiger partial charge in [0.15, 0.2) is 5.96 Å². The zero-order valence-corrected chi connectivity index (χ0v) is 53.2. The van der Waals surface area contributed by atoms with Gasteiger partial charge in [0.1, 0.15) is 66.5 Å². The number of aliphatic hydroxyl groups is 1. The number of aliphatic hydroxyl groups excluding tert-OH is 1. The number of fused-ring (bicyclic) bond motifs is 7. The number of nitrogens with zero attached hydrogens (tertiary/aromatic N) is 2. The third-order valence-corrected chi connectivity index (χ3v) is 17.1. The van der Waals surface area contributed by atoms with Crippen molar-refractivity contribution in [2.45, 2.75) is 151 Å². The second-order valence-corrected chi connectivity index (χ2v) is 24.7. The molecule has 11 atom stereocenters. The first-order valence-corrected chi connectivity index (χ1v) is 32.5. The van der Waals surface area contributed by atoms with E-state index in [0.29, 0.717) is 22.9 Å². The summed E-state index contributed by atoms with van der Waals surface area (Å²) in [6.07, 6.45) is 1.30. The second kappa shape index (κ2) is 37.8. The molecule has 514 valence electrons. The Morgan fingerprint density at radius 1 is 0.596 bits per heavy atom. The summed E-state index contributed by atoms with van der Waals surface area (Å²) in [4.78, 5) is 209. The molecule has 2 aliphatic heterocycles. The smallest absolute Gasteiger partial charge is 0.303 e. The highest BCUT2D eigenvalue weighted by Gasteiger charge is 2.37. The number of primary amides is 1. The number of nitrogens with one attached hydrogen (secondary N) is 14. The minimum absolute atomic E-state index is 0.0418. The Morgan fingerprint density at radius 2 is 1.15 bits per heavy atom. The third-order valence-electron chi connectivity index (χ3n) is 14.7. The van der Waals surface area contributed by atoms with E-state index in [1.54, 1.807) is 30.5 Å². The Hall–Kier alpha value is -9.56. The number of guanidine groups is 1. The molecule has 13 amide bonds. The number of amides is 13. The number of unbranched alkanes of at least 4 members (excludes halogenated alkanes) is 1. The van der Waals surface area contributed by atoms with Gasteiger partial charge in [-0.2, -0.15) is 0 Å². The first-order valence-electron chi connectivity index (χ1n) is 30.0. The SMILES string of the molecule is C[C@@H]1NC(=O)[C@H](C)NC(=O)[C@H](Cc2cnc[nH]2)NC(=O)[C@H](CC(N)=O)NC(=O)[C@H](CCC(=O)O)NC(=O)[C@@H]2CSSCC[C@H](NC1=O)C(=O)N[C@@H](CCCCN)C(=O)N[C@@H](CO)C(=O)N[C@@H](Cc1c[nH]c3ccccc13)C(=O)N[C@@H](CCCN=C(N)N)C(=O)NCC(=O)N2. The Morgan fingerprint density at radius 3 is 1.80 bits per heavy atom. The average Bonchev–Trinajstić information content (AvgIpc) is 1.65. The van der Waals surface area contributed by atoms with Crippen LogP contribution in [0.5, 0.6) is 0 Å². The molecule has 3 aromatic rings. The molecule has 94 heavy (non-hydrogen) atoms. The number of hydrogen-bond donors (Lipinski definition) is 20. The van der Waals surface area contributed by atoms with Crippen molar-refractivity contribution in [3.05, 3.63) is 54.2 Å². The van der Waals surface area contributed by atoms with Crippen LogP contribution in [0.25, 0.3) is 10.9 Å². The van der Waals surface area contributed by atoms with Crippen molar-refractivity contribution in [2.24, 2.45) is 27.9 Å². The largest absolute Gasteiger partial charge is 0.481 e. The monoisotopic (exact) mass is 1350 g/mol. The summed E-state index contributed by atoms with van der Waals surface area (Å²) in [7, 11) is 1.90. The van der Waals surface area contributed by atoms with Crippen LogP contribution in [0.3, 0.4) is 0 Å². The number of aliphatic imine (C=N–C) groups is 1. The van der Waals surface area contributed by atoms with E-state index in [1.807, 2.05) is 0 Å². The van der Waals surface area contributed by atoms with Crippen molar-refractivity contribution < 1.29 is 77.3 Å². The van der Waals surface area contributed by atoms with E-state index < -0.39 is 182 Å². The van der Waals surface area contributed by atoms with Crippen LogP contribution in [-0.4, -0.2) is 218 Å². The molecule has 2 aliphatic rings. The molecule has 2 fully saturated rings. The van der Waals surface area contributed by atoms with Crippen LogP contribution in [0.15, 0.2) is 48.0 Å². The van der Waals surface area contributed by atoms with Crippen molar-refractivity contribution in [1.82, 2.24) is 78.8 Å². The molecule has 38 heteroatoms. The summed E-state index contributed by atoms with van der Waals surface area (Å²) in [5, 5.41) is 50.7. The zero-order chi connectivity index (χ0) is 69.0. The van der Waals surface area contributed by atoms with Gasteiger partial charge in [-0.25, -0.2) is 4.98 Å². The van der Waals surface area contributed by atoms with Crippen molar-refractivity contribution >= 4 is 121 Å². The Labute approximate surface area is 546 Å². The molecule has 4 heterocycles. The summed E-state index contributed by atoms with van der Waals surface area (Å²) in [5.41, 5.74) is 23.8. The molecule has 24 N–H and O–H groups in total. The molecule has 0 spiro atoms. The average molecular weight is 1360 g/mol. The van der Waals surface area contributed by atoms with Gasteiger partial charge >= 0.3 is 5.97 Å². The number of carboxylic acid groups (broad SMARTS) is 1. The maximum absolute atomic E-state index is 14.6. The highest BCUT2D eigenvalue weighted by molar-refractivity contribution is 8.76. The topological polar surface area (TPSA) is 585 Å². The lowest BCUT2D eigenvalue weighted by Gasteiger charge is -2.28. The van der Waals surface area contributed by atoms with Crippen molar-refractivity contribution in [2.75, 3.05) is 37.7 Å². The van der Waals surface area contributed by atoms with E-state index in [0.717, 1.165) is 21.6 Å². The number of para-hydroxylation sites is 1. The van der Waals surface area contributed by atoms with Crippen LogP contribution in [0.4, 0.5) is 0 Å². The Bertz CT molecular complexity index is 3220. The lowest BCUT2D eigenvalue weighted by Crippen LogP contribution is -2.61. The molecule has 0 radical (unpaired) electrons. The highest BCUT2D eigenvalue weighted by Crippen LogP contribution is 2.25. The molecule has 0 saturated carbocycles. The molecule has 36 nitrogen and oxygen atoms in total. The summed E-state index contributed by atoms with van der Waals surface area (Å²) in [6, 6.07) is -10.8. The van der Waals surface area contributed by atoms with Crippen LogP contribution in [0.1, 0.15) is 82.9 Å². The minimum atomic E-state index is -1.90. The lowest BCUT2D eigenvalue weighted by atomic mass is 10.0. The van der Waals surface area contributed by atoms with Gasteiger partial charge in [-0.05, 0) is 77.0 Å². The standard InChI is InChI=1S/C56H82N20O16S2/c1-27-45(82)66-28(2)46(83)69-36-14-17-93-94-25-41(55(92)72-35(12-13-44(80)81)49(86)75-39(20-42(58)78)53(90)74-38(51(88)67-27)19-30-22-61-26-65-30)68-43(79)23-64-47(84)33(11-7-16-62-56(59)60)70-52(89)37(18-29-21-63-32-9-4-3-8-31(29)32)73-54(91)40(24-77)76-48(85)34(71-50(36)87)10-5-6-15-57/h3-4,8-9,21-22,26-28,33-41,63,77H,5-7,10-20,23-25,57H2,1-2H3,(H2,58,78)(H,61,65)(H,64,84)(H,66,82)(H,67,88)(H,68,79)(H,69,83)(H,70,89)(H,71,87)(H,72,92)(H,73,91)(H,74,90)(H,75,86)(H,76,85)(H,80,81)(H4,59,60,62)/t27-,28-,33-,34-,35-,36-,37-,38-,39-,40-,41-/m0/s1. The van der Waals surface area contributed by atoms with Crippen LogP contribution in [0.2, 0.25) is 0 Å². The first kappa shape index (κ1) is 75.2. The number of aromatic nitrogens is 3. The molecule has 1 aromatic carbocycles. The van der Waals surface area contributed by atoms with Gasteiger partial charge in [-0.3, -0.25) is 72.1 Å². The normalized spacial score (nSPS) is 25.3. The van der Waals surface area contributed by atoms with Crippen LogP contribution in [0, 0.1) is 0 Å². The summed E-state index contributed by atoms with van der Waals surface area (Å²) in [6.45, 7) is 0.696. The number of aliphatic carboxylic acids is 1. The van der Waals surface area contributed by atoms with Gasteiger partial charge < -0.3 is 107 Å². The number of carboxylic acids is 1. The number of benzene rings is 1. The predicted octanol–water partition coefficient (Wildman–Crippen LogP) is -7.12. The number of hydrogen-bond acceptors (Lipinski definition) is 20. The Balaban J connectivity index is 1.61. The van der Waals surface area contributed by atoms with Gasteiger partial charge in [-0.1, -0.05) is 39.8 Å². The fourth-order valence-electron chi connectivity index (χ4n) is 9.55. The fraction of sp³-hybridized carbons (Fsp3) is 0.536. The van der Waals surface area contributed by atoms with E-state index in [-0.39, 0.29) is 81.2 Å². The number of aromatic amines is 2. The molecule has 2 saturated heterocycles. The second-order valence-electron chi connectivity index (χ2n) is 22.0. The summed E-state index contributed by atoms with van der Waals surface area (Å²) < 4.78 is 0. The number of H-pyrrole nitrogens is 2. The fourth-order valence-corrected chi connectivity index (χ4v) is 11.8. The molecular formula is C56H82N20O16S2. The van der Waals surface area contributed by atoms with E-state index in [4.69, 9.17) is 22.9 Å². The van der Waals surface area contributed by atoms with Crippen molar-refractivity contribution in [3.63, 3.8) is 0 Å². The van der Waals surface area contributed by atoms with Crippen molar-refractivity contribution in [1.29, 1.82) is 0 Å². The molecule has 0 aliphatic carbocycles. The van der Waals surface area contributed by atoms with Gasteiger partial charge in [0.05, 0.1) is 25.9 Å². The van der Waals surface area contributed by atoms with Crippen LogP contribution in [-0.2, 0) is 80.0 Å². The third kappa shape index (κ3) is 24.5. The van der Waals surface area contributed by atoms with Crippen LogP contribution < -0.4 is 86.7 Å². The summed E-state index contributed by atoms with van der Waals surface area (Å²) in [5.74, 6) is -15.8. The van der Waals surface area contributed by atoms with Gasteiger partial charge in [-0.15, -0.1) is 0 Å². The number of rotatable bonds is 18. The molecule has 2 aromatic heterocycles. The molecule has 5 rings (SSSR count). The number of carbonyl (C=O) groups is 14. The quantitative estimate of drug-likeness (QED) is 0.0243. The van der Waals surface area contributed by atoms with Crippen molar-refractivity contribution in [3.8, 4) is 0 Å². The predicted molar refractivity (Wildman–Crippen MR) is 340 cm³/mol. The molecular weight excluding hydrogens is 1270 g/mol. The van der Waals surface area contributed by atoms with E-state index >= 15 is 0 Å². The van der Waals surface area contributed by atoms with Gasteiger partial charge in [0.25, 0.3) is 0 Å². The maximum atomic E-state index is 14.6. The lowest BCUT2D eigenvalue weighted by molar-refractivity contribution is -0.138. The molecule has 0 unspecified atom stereocenters. The van der Waals surface area contributed by atoms with Gasteiger partial charge in [0.2, 0.25) is 76.8 Å². The van der Waals surface area contributed by atoms with E-state index in [9.17, 15) is 77.3 Å². The summed E-state index contributed by atoms with van der Waals surface area (Å²) >= 11 is 0. The Kier molecular flexibility index (Phi) is 30.2. The zero-order valence-electron chi connectivity index (χ0n) is 51.5.